The molecule has 0 aliphatic rings. The summed E-state index contributed by atoms with van der Waals surface area (Å²) in [6, 6.07) is 7.83. The van der Waals surface area contributed by atoms with E-state index < -0.39 is 21.8 Å². The van der Waals surface area contributed by atoms with Gasteiger partial charge in [-0.15, -0.1) is 0 Å². The van der Waals surface area contributed by atoms with Crippen LogP contribution in [0.1, 0.15) is 24.1 Å². The van der Waals surface area contributed by atoms with Crippen LogP contribution in [0, 0.1) is 17.0 Å². The van der Waals surface area contributed by atoms with E-state index in [1.165, 1.54) is 6.07 Å². The first-order valence-corrected chi connectivity index (χ1v) is 7.90. The zero-order valence-corrected chi connectivity index (χ0v) is 14.1. The Morgan fingerprint density at radius 1 is 1.08 bits per heavy atom. The molecule has 1 unspecified atom stereocenters. The maximum Gasteiger partial charge on any atom is 0.272 e. The van der Waals surface area contributed by atoms with Gasteiger partial charge in [0.1, 0.15) is 11.4 Å². The predicted octanol–water partition coefficient (Wildman–Crippen LogP) is 2.81. The zero-order valence-electron chi connectivity index (χ0n) is 14.1. The molecule has 1 aromatic heterocycles. The van der Waals surface area contributed by atoms with E-state index in [0.717, 1.165) is 0 Å². The van der Waals surface area contributed by atoms with Crippen molar-refractivity contribution < 1.29 is 4.92 Å². The van der Waals surface area contributed by atoms with Crippen LogP contribution in [0.4, 0.5) is 22.7 Å². The number of hydrogen-bond donors (Lipinski definition) is 2. The highest BCUT2D eigenvalue weighted by Crippen LogP contribution is 2.28. The van der Waals surface area contributed by atoms with Gasteiger partial charge in [-0.05, 0) is 31.5 Å². The maximum absolute atomic E-state index is 11.9. The van der Waals surface area contributed by atoms with E-state index in [1.807, 2.05) is 0 Å². The number of rotatable bonds is 6. The van der Waals surface area contributed by atoms with E-state index in [-0.39, 0.29) is 17.1 Å². The van der Waals surface area contributed by atoms with E-state index in [1.54, 1.807) is 50.5 Å². The Hall–Kier alpha value is -3.55. The Balaban J connectivity index is 1.85. The Kier molecular flexibility index (Phi) is 4.49. The maximum atomic E-state index is 11.9. The summed E-state index contributed by atoms with van der Waals surface area (Å²) >= 11 is 0. The average molecular weight is 352 g/mol. The highest BCUT2D eigenvalue weighted by Gasteiger charge is 2.23. The number of aromatic nitrogens is 1. The lowest BCUT2D eigenvalue weighted by Gasteiger charge is -2.20. The van der Waals surface area contributed by atoms with Gasteiger partial charge in [0.2, 0.25) is 0 Å². The summed E-state index contributed by atoms with van der Waals surface area (Å²) in [5.74, 6) is 0. The molecule has 0 radical (unpaired) electrons. The predicted molar refractivity (Wildman–Crippen MR) is 98.7 cm³/mol. The van der Waals surface area contributed by atoms with E-state index in [9.17, 15) is 19.7 Å². The van der Waals surface area contributed by atoms with Crippen molar-refractivity contribution in [2.24, 2.45) is 0 Å². The topological polar surface area (TPSA) is 114 Å². The Morgan fingerprint density at radius 3 is 2.38 bits per heavy atom. The SMILES string of the molecule is Cc1ccc(C(C)Nc2c(Nc3ccncc3)c(=O)c2=O)cc1[N+](=O)[O-]. The first kappa shape index (κ1) is 17.3. The van der Waals surface area contributed by atoms with Crippen molar-refractivity contribution >= 4 is 22.7 Å². The van der Waals surface area contributed by atoms with Crippen LogP contribution < -0.4 is 21.5 Å². The molecule has 0 aliphatic carbocycles. The van der Waals surface area contributed by atoms with Gasteiger partial charge in [-0.25, -0.2) is 0 Å². The van der Waals surface area contributed by atoms with Crippen molar-refractivity contribution in [1.82, 2.24) is 4.98 Å². The summed E-state index contributed by atoms with van der Waals surface area (Å²) in [5, 5.41) is 17.0. The molecule has 8 heteroatoms. The van der Waals surface area contributed by atoms with Crippen LogP contribution in [0.2, 0.25) is 0 Å². The number of pyridine rings is 1. The first-order valence-electron chi connectivity index (χ1n) is 7.90. The largest absolute Gasteiger partial charge is 0.373 e. The van der Waals surface area contributed by atoms with E-state index >= 15 is 0 Å². The quantitative estimate of drug-likeness (QED) is 0.398. The van der Waals surface area contributed by atoms with E-state index in [2.05, 4.69) is 15.6 Å². The van der Waals surface area contributed by atoms with Crippen molar-refractivity contribution in [1.29, 1.82) is 0 Å². The molecule has 0 fully saturated rings. The van der Waals surface area contributed by atoms with E-state index in [0.29, 0.717) is 16.8 Å². The Morgan fingerprint density at radius 2 is 1.73 bits per heavy atom. The number of benzene rings is 1. The molecule has 1 heterocycles. The molecule has 3 aromatic rings. The molecule has 0 bridgehead atoms. The summed E-state index contributed by atoms with van der Waals surface area (Å²) in [6.45, 7) is 3.43. The second kappa shape index (κ2) is 6.75. The van der Waals surface area contributed by atoms with Crippen LogP contribution in [0.5, 0.6) is 0 Å². The minimum atomic E-state index is -0.616. The number of nitrogens with zero attached hydrogens (tertiary/aromatic N) is 2. The van der Waals surface area contributed by atoms with Crippen molar-refractivity contribution in [2.75, 3.05) is 10.6 Å². The standard InChI is InChI=1S/C18H16N4O4/c1-10-3-4-12(9-14(10)22(25)26)11(2)20-15-16(18(24)17(15)23)21-13-5-7-19-8-6-13/h3-9,11,20H,1-2H3,(H,19,21). The highest BCUT2D eigenvalue weighted by molar-refractivity contribution is 5.78. The third-order valence-corrected chi connectivity index (χ3v) is 4.15. The van der Waals surface area contributed by atoms with Crippen LogP contribution in [-0.2, 0) is 0 Å². The van der Waals surface area contributed by atoms with Crippen LogP contribution in [-0.4, -0.2) is 9.91 Å². The van der Waals surface area contributed by atoms with Crippen LogP contribution in [0.25, 0.3) is 0 Å². The third-order valence-electron chi connectivity index (χ3n) is 4.15. The lowest BCUT2D eigenvalue weighted by atomic mass is 10.0. The summed E-state index contributed by atoms with van der Waals surface area (Å²) in [4.78, 5) is 38.3. The lowest BCUT2D eigenvalue weighted by Crippen LogP contribution is -2.37. The van der Waals surface area contributed by atoms with Gasteiger partial charge in [-0.3, -0.25) is 24.7 Å². The van der Waals surface area contributed by atoms with Gasteiger partial charge in [0.15, 0.2) is 0 Å². The molecule has 0 aliphatic heterocycles. The molecule has 1 atom stereocenters. The number of nitro groups is 1. The number of hydrogen-bond acceptors (Lipinski definition) is 7. The van der Waals surface area contributed by atoms with Crippen molar-refractivity contribution in [2.45, 2.75) is 19.9 Å². The van der Waals surface area contributed by atoms with Gasteiger partial charge >= 0.3 is 0 Å². The second-order valence-electron chi connectivity index (χ2n) is 5.94. The normalized spacial score (nSPS) is 11.9. The third kappa shape index (κ3) is 3.16. The molecular formula is C18H16N4O4. The smallest absolute Gasteiger partial charge is 0.272 e. The molecule has 132 valence electrons. The minimum absolute atomic E-state index is 0.0104. The fourth-order valence-electron chi connectivity index (χ4n) is 2.62. The van der Waals surface area contributed by atoms with Gasteiger partial charge in [0.05, 0.1) is 4.92 Å². The number of anilines is 3. The Bertz CT molecular complexity index is 1040. The summed E-state index contributed by atoms with van der Waals surface area (Å²) in [7, 11) is 0. The molecule has 26 heavy (non-hydrogen) atoms. The van der Waals surface area contributed by atoms with Gasteiger partial charge in [-0.2, -0.15) is 0 Å². The van der Waals surface area contributed by atoms with Crippen molar-refractivity contribution in [3.63, 3.8) is 0 Å². The molecular weight excluding hydrogens is 336 g/mol. The fourth-order valence-corrected chi connectivity index (χ4v) is 2.62. The number of nitrogens with one attached hydrogen (secondary N) is 2. The summed E-state index contributed by atoms with van der Waals surface area (Å²) < 4.78 is 0. The van der Waals surface area contributed by atoms with Gasteiger partial charge in [0.25, 0.3) is 16.5 Å². The zero-order chi connectivity index (χ0) is 18.8. The van der Waals surface area contributed by atoms with Crippen molar-refractivity contribution in [3.8, 4) is 0 Å². The van der Waals surface area contributed by atoms with Gasteiger partial charge in [-0.1, -0.05) is 12.1 Å². The number of aryl methyl sites for hydroxylation is 1. The van der Waals surface area contributed by atoms with Crippen molar-refractivity contribution in [3.05, 3.63) is 84.4 Å². The average Bonchev–Trinajstić information content (AvgIpc) is 2.65. The van der Waals surface area contributed by atoms with E-state index in [4.69, 9.17) is 0 Å². The molecule has 0 saturated carbocycles. The molecule has 3 rings (SSSR count). The lowest BCUT2D eigenvalue weighted by molar-refractivity contribution is -0.385. The van der Waals surface area contributed by atoms with Gasteiger partial charge in [0, 0.05) is 35.8 Å². The van der Waals surface area contributed by atoms with Crippen LogP contribution in [0.15, 0.2) is 52.3 Å². The Labute approximate surface area is 148 Å². The monoisotopic (exact) mass is 352 g/mol. The van der Waals surface area contributed by atoms with Crippen LogP contribution in [0.3, 0.4) is 0 Å². The molecule has 2 N–H and O–H groups in total. The highest BCUT2D eigenvalue weighted by atomic mass is 16.6. The summed E-state index contributed by atoms with van der Waals surface area (Å²) in [6.07, 6.45) is 3.13. The first-order chi connectivity index (χ1) is 12.4. The molecule has 0 amide bonds. The van der Waals surface area contributed by atoms with Crippen LogP contribution >= 0.6 is 0 Å². The molecule has 0 saturated heterocycles. The molecule has 2 aromatic carbocycles. The fraction of sp³-hybridized carbons (Fsp3) is 0.167. The second-order valence-corrected chi connectivity index (χ2v) is 5.94. The molecule has 0 spiro atoms. The summed E-state index contributed by atoms with van der Waals surface area (Å²) in [5.41, 5.74) is 0.967. The van der Waals surface area contributed by atoms with Gasteiger partial charge < -0.3 is 10.6 Å². The minimum Gasteiger partial charge on any atom is -0.373 e. The number of nitro benzene ring substituents is 1. The molecule has 8 nitrogen and oxygen atoms in total.